The van der Waals surface area contributed by atoms with Crippen LogP contribution in [-0.2, 0) is 16.8 Å². The van der Waals surface area contributed by atoms with Crippen molar-refractivity contribution in [3.63, 3.8) is 0 Å². The van der Waals surface area contributed by atoms with E-state index in [9.17, 15) is 9.59 Å². The van der Waals surface area contributed by atoms with Crippen molar-refractivity contribution in [2.24, 2.45) is 0 Å². The van der Waals surface area contributed by atoms with Crippen LogP contribution in [0.25, 0.3) is 0 Å². The highest BCUT2D eigenvalue weighted by molar-refractivity contribution is 6.07. The van der Waals surface area contributed by atoms with Gasteiger partial charge < -0.3 is 10.3 Å². The highest BCUT2D eigenvalue weighted by atomic mass is 16.2. The van der Waals surface area contributed by atoms with E-state index in [1.807, 2.05) is 12.3 Å². The summed E-state index contributed by atoms with van der Waals surface area (Å²) in [4.78, 5) is 26.1. The summed E-state index contributed by atoms with van der Waals surface area (Å²) in [7, 11) is 0. The van der Waals surface area contributed by atoms with Gasteiger partial charge in [0.2, 0.25) is 0 Å². The molecule has 1 unspecified atom stereocenters. The lowest BCUT2D eigenvalue weighted by atomic mass is 9.80. The second-order valence-corrected chi connectivity index (χ2v) is 4.04. The maximum atomic E-state index is 11.8. The molecule has 15 heavy (non-hydrogen) atoms. The van der Waals surface area contributed by atoms with Crippen molar-refractivity contribution >= 4 is 11.9 Å². The minimum Gasteiger partial charge on any atom is -0.365 e. The second kappa shape index (κ2) is 2.62. The number of urea groups is 1. The third-order valence-corrected chi connectivity index (χ3v) is 3.21. The maximum absolute atomic E-state index is 11.8. The Bertz CT molecular complexity index is 451. The van der Waals surface area contributed by atoms with Crippen molar-refractivity contribution in [2.45, 2.75) is 24.8 Å². The minimum absolute atomic E-state index is 0.229. The Balaban J connectivity index is 2.15. The van der Waals surface area contributed by atoms with Gasteiger partial charge in [0.15, 0.2) is 0 Å². The van der Waals surface area contributed by atoms with Crippen LogP contribution in [0.2, 0.25) is 0 Å². The Morgan fingerprint density at radius 2 is 2.20 bits per heavy atom. The molecule has 5 nitrogen and oxygen atoms in total. The summed E-state index contributed by atoms with van der Waals surface area (Å²) in [5, 5.41) is 5.05. The van der Waals surface area contributed by atoms with Gasteiger partial charge in [-0.05, 0) is 25.3 Å². The van der Waals surface area contributed by atoms with Crippen LogP contribution in [0.5, 0.6) is 0 Å². The number of aromatic amines is 1. The predicted molar refractivity (Wildman–Crippen MR) is 52.1 cm³/mol. The third-order valence-electron chi connectivity index (χ3n) is 3.21. The molecule has 2 heterocycles. The number of nitrogens with one attached hydrogen (secondary N) is 3. The molecule has 1 aromatic rings. The first-order valence-electron chi connectivity index (χ1n) is 5.03. The number of carbonyl (C=O) groups is 2. The lowest BCUT2D eigenvalue weighted by Crippen LogP contribution is -2.45. The van der Waals surface area contributed by atoms with Gasteiger partial charge in [0, 0.05) is 17.5 Å². The summed E-state index contributed by atoms with van der Waals surface area (Å²) in [6.07, 6.45) is 4.33. The zero-order valence-corrected chi connectivity index (χ0v) is 8.09. The first-order valence-corrected chi connectivity index (χ1v) is 5.03. The second-order valence-electron chi connectivity index (χ2n) is 4.04. The van der Waals surface area contributed by atoms with Gasteiger partial charge in [-0.1, -0.05) is 0 Å². The molecule has 1 aromatic heterocycles. The molecule has 2 aliphatic rings. The van der Waals surface area contributed by atoms with Gasteiger partial charge in [-0.3, -0.25) is 10.1 Å². The SMILES string of the molecule is O=C1NC(=O)C2(CCCc3[nH]ccc32)N1. The monoisotopic (exact) mass is 205 g/mol. The molecule has 1 atom stereocenters. The molecule has 3 amide bonds. The van der Waals surface area contributed by atoms with Crippen LogP contribution >= 0.6 is 0 Å². The molecule has 5 heteroatoms. The molecule has 78 valence electrons. The molecule has 1 saturated heterocycles. The summed E-state index contributed by atoms with van der Waals surface area (Å²) in [6, 6.07) is 1.48. The summed E-state index contributed by atoms with van der Waals surface area (Å²) >= 11 is 0. The van der Waals surface area contributed by atoms with E-state index in [-0.39, 0.29) is 5.91 Å². The molecular weight excluding hydrogens is 194 g/mol. The summed E-state index contributed by atoms with van der Waals surface area (Å²) < 4.78 is 0. The van der Waals surface area contributed by atoms with Gasteiger partial charge in [-0.15, -0.1) is 0 Å². The van der Waals surface area contributed by atoms with Crippen LogP contribution < -0.4 is 10.6 Å². The topological polar surface area (TPSA) is 74.0 Å². The lowest BCUT2D eigenvalue weighted by molar-refractivity contribution is -0.124. The van der Waals surface area contributed by atoms with Crippen LogP contribution in [0, 0.1) is 0 Å². The molecule has 0 aromatic carbocycles. The van der Waals surface area contributed by atoms with E-state index in [0.717, 1.165) is 24.1 Å². The Labute approximate surface area is 86.2 Å². The standard InChI is InChI=1S/C10H11N3O2/c14-8-10(13-9(15)12-8)4-1-2-7-6(10)3-5-11-7/h3,5,11H,1-2,4H2,(H2,12,13,14,15). The average molecular weight is 205 g/mol. The number of aromatic nitrogens is 1. The maximum Gasteiger partial charge on any atom is 0.322 e. The summed E-state index contributed by atoms with van der Waals surface area (Å²) in [6.45, 7) is 0. The van der Waals surface area contributed by atoms with Crippen LogP contribution in [0.1, 0.15) is 24.1 Å². The molecule has 1 aliphatic heterocycles. The Morgan fingerprint density at radius 3 is 2.93 bits per heavy atom. The van der Waals surface area contributed by atoms with Crippen molar-refractivity contribution in [2.75, 3.05) is 0 Å². The van der Waals surface area contributed by atoms with E-state index >= 15 is 0 Å². The number of imide groups is 1. The predicted octanol–water partition coefficient (Wildman–Crippen LogP) is 0.386. The van der Waals surface area contributed by atoms with Crippen molar-refractivity contribution in [3.05, 3.63) is 23.5 Å². The van der Waals surface area contributed by atoms with Gasteiger partial charge in [0.1, 0.15) is 5.54 Å². The number of fused-ring (bicyclic) bond motifs is 2. The zero-order chi connectivity index (χ0) is 10.5. The lowest BCUT2D eigenvalue weighted by Gasteiger charge is -2.30. The van der Waals surface area contributed by atoms with E-state index in [4.69, 9.17) is 0 Å². The number of amides is 3. The number of carbonyl (C=O) groups excluding carboxylic acids is 2. The molecule has 3 rings (SSSR count). The number of hydrogen-bond donors (Lipinski definition) is 3. The fraction of sp³-hybridized carbons (Fsp3) is 0.400. The summed E-state index contributed by atoms with van der Waals surface area (Å²) in [5.74, 6) is -0.229. The highest BCUT2D eigenvalue weighted by Gasteiger charge is 2.50. The minimum atomic E-state index is -0.815. The van der Waals surface area contributed by atoms with E-state index < -0.39 is 11.6 Å². The molecule has 0 saturated carbocycles. The number of hydrogen-bond acceptors (Lipinski definition) is 2. The van der Waals surface area contributed by atoms with Gasteiger partial charge in [-0.2, -0.15) is 0 Å². The zero-order valence-electron chi connectivity index (χ0n) is 8.09. The summed E-state index contributed by atoms with van der Waals surface area (Å²) in [5.41, 5.74) is 1.15. The normalized spacial score (nSPS) is 28.8. The Hall–Kier alpha value is -1.78. The Kier molecular flexibility index (Phi) is 1.49. The van der Waals surface area contributed by atoms with E-state index in [0.29, 0.717) is 6.42 Å². The van der Waals surface area contributed by atoms with Crippen LogP contribution in [0.4, 0.5) is 4.79 Å². The Morgan fingerprint density at radius 1 is 1.33 bits per heavy atom. The fourth-order valence-electron chi connectivity index (χ4n) is 2.53. The molecule has 1 spiro atoms. The van der Waals surface area contributed by atoms with Gasteiger partial charge in [-0.25, -0.2) is 4.79 Å². The van der Waals surface area contributed by atoms with Crippen molar-refractivity contribution in [3.8, 4) is 0 Å². The first-order chi connectivity index (χ1) is 7.22. The molecular formula is C10H11N3O2. The van der Waals surface area contributed by atoms with E-state index in [1.165, 1.54) is 0 Å². The van der Waals surface area contributed by atoms with E-state index in [1.54, 1.807) is 0 Å². The quantitative estimate of drug-likeness (QED) is 0.536. The van der Waals surface area contributed by atoms with E-state index in [2.05, 4.69) is 15.6 Å². The average Bonchev–Trinajstić information content (AvgIpc) is 2.74. The third kappa shape index (κ3) is 0.973. The number of aryl methyl sites for hydroxylation is 1. The van der Waals surface area contributed by atoms with Gasteiger partial charge >= 0.3 is 6.03 Å². The number of H-pyrrole nitrogens is 1. The molecule has 0 radical (unpaired) electrons. The molecule has 0 bridgehead atoms. The number of rotatable bonds is 0. The van der Waals surface area contributed by atoms with Gasteiger partial charge in [0.05, 0.1) is 0 Å². The fourth-order valence-corrected chi connectivity index (χ4v) is 2.53. The molecule has 3 N–H and O–H groups in total. The smallest absolute Gasteiger partial charge is 0.322 e. The van der Waals surface area contributed by atoms with Crippen molar-refractivity contribution < 1.29 is 9.59 Å². The van der Waals surface area contributed by atoms with Crippen LogP contribution in [-0.4, -0.2) is 16.9 Å². The molecule has 1 fully saturated rings. The van der Waals surface area contributed by atoms with Crippen molar-refractivity contribution in [1.82, 2.24) is 15.6 Å². The van der Waals surface area contributed by atoms with Gasteiger partial charge in [0.25, 0.3) is 5.91 Å². The van der Waals surface area contributed by atoms with Crippen LogP contribution in [0.15, 0.2) is 12.3 Å². The largest absolute Gasteiger partial charge is 0.365 e. The highest BCUT2D eigenvalue weighted by Crippen LogP contribution is 2.36. The first kappa shape index (κ1) is 8.52. The van der Waals surface area contributed by atoms with Crippen molar-refractivity contribution in [1.29, 1.82) is 0 Å². The molecule has 1 aliphatic carbocycles. The van der Waals surface area contributed by atoms with Crippen LogP contribution in [0.3, 0.4) is 0 Å².